The van der Waals surface area contributed by atoms with Crippen molar-refractivity contribution >= 4 is 43.2 Å². The van der Waals surface area contributed by atoms with E-state index < -0.39 is 6.10 Å². The number of thiophene rings is 1. The van der Waals surface area contributed by atoms with Crippen molar-refractivity contribution in [1.29, 1.82) is 0 Å². The second-order valence-corrected chi connectivity index (χ2v) is 6.43. The number of aliphatic hydroxyl groups excluding tert-OH is 1. The first-order chi connectivity index (χ1) is 8.66. The molecule has 18 heavy (non-hydrogen) atoms. The van der Waals surface area contributed by atoms with E-state index in [4.69, 9.17) is 9.47 Å². The summed E-state index contributed by atoms with van der Waals surface area (Å²) in [6, 6.07) is 5.58. The van der Waals surface area contributed by atoms with E-state index in [1.165, 1.54) is 11.3 Å². The Kier molecular flexibility index (Phi) is 3.36. The molecular weight excluding hydrogens is 384 g/mol. The first kappa shape index (κ1) is 12.5. The number of hydrogen-bond acceptors (Lipinski definition) is 4. The van der Waals surface area contributed by atoms with Gasteiger partial charge in [0.2, 0.25) is 6.79 Å². The molecule has 1 aliphatic rings. The van der Waals surface area contributed by atoms with Crippen molar-refractivity contribution in [3.05, 3.63) is 43.0 Å². The predicted octanol–water partition coefficient (Wildman–Crippen LogP) is 4.08. The maximum absolute atomic E-state index is 10.4. The van der Waals surface area contributed by atoms with Gasteiger partial charge in [-0.2, -0.15) is 0 Å². The van der Waals surface area contributed by atoms with Crippen LogP contribution in [0.1, 0.15) is 16.5 Å². The third kappa shape index (κ3) is 2.07. The zero-order chi connectivity index (χ0) is 12.7. The molecule has 0 saturated heterocycles. The smallest absolute Gasteiger partial charge is 0.231 e. The molecule has 2 heterocycles. The van der Waals surface area contributed by atoms with Crippen LogP contribution in [0, 0.1) is 0 Å². The number of halogens is 2. The van der Waals surface area contributed by atoms with Gasteiger partial charge in [0.15, 0.2) is 11.5 Å². The van der Waals surface area contributed by atoms with Crippen LogP contribution in [0.15, 0.2) is 32.5 Å². The van der Waals surface area contributed by atoms with E-state index in [0.29, 0.717) is 11.5 Å². The SMILES string of the molecule is OC(c1cc(Br)c2c(c1)OCO2)c1sccc1Br. The Labute approximate surface area is 125 Å². The molecule has 1 aliphatic heterocycles. The minimum absolute atomic E-state index is 0.218. The lowest BCUT2D eigenvalue weighted by Gasteiger charge is -2.11. The summed E-state index contributed by atoms with van der Waals surface area (Å²) in [5.74, 6) is 1.35. The van der Waals surface area contributed by atoms with E-state index in [9.17, 15) is 5.11 Å². The highest BCUT2D eigenvalue weighted by Crippen LogP contribution is 2.43. The van der Waals surface area contributed by atoms with Crippen molar-refractivity contribution in [1.82, 2.24) is 0 Å². The number of aliphatic hydroxyl groups is 1. The Bertz CT molecular complexity index is 597. The molecular formula is C12H8Br2O3S. The monoisotopic (exact) mass is 390 g/mol. The van der Waals surface area contributed by atoms with Crippen LogP contribution < -0.4 is 9.47 Å². The van der Waals surface area contributed by atoms with E-state index in [-0.39, 0.29) is 6.79 Å². The molecule has 1 aromatic carbocycles. The first-order valence-corrected chi connectivity index (χ1v) is 7.63. The van der Waals surface area contributed by atoms with Gasteiger partial charge in [0.1, 0.15) is 6.10 Å². The molecule has 0 saturated carbocycles. The average molecular weight is 392 g/mol. The highest BCUT2D eigenvalue weighted by atomic mass is 79.9. The molecule has 0 bridgehead atoms. The van der Waals surface area contributed by atoms with Gasteiger partial charge >= 0.3 is 0 Å². The summed E-state index contributed by atoms with van der Waals surface area (Å²) in [5.41, 5.74) is 0.772. The van der Waals surface area contributed by atoms with Crippen LogP contribution in [0.2, 0.25) is 0 Å². The number of benzene rings is 1. The van der Waals surface area contributed by atoms with Crippen LogP contribution in [-0.4, -0.2) is 11.9 Å². The van der Waals surface area contributed by atoms with E-state index in [1.807, 2.05) is 23.6 Å². The van der Waals surface area contributed by atoms with Crippen LogP contribution in [0.25, 0.3) is 0 Å². The maximum atomic E-state index is 10.4. The highest BCUT2D eigenvalue weighted by molar-refractivity contribution is 9.10. The van der Waals surface area contributed by atoms with Gasteiger partial charge in [-0.25, -0.2) is 0 Å². The van der Waals surface area contributed by atoms with Crippen LogP contribution in [0.3, 0.4) is 0 Å². The molecule has 1 atom stereocenters. The minimum atomic E-state index is -0.676. The third-order valence-electron chi connectivity index (χ3n) is 2.66. The van der Waals surface area contributed by atoms with Gasteiger partial charge < -0.3 is 14.6 Å². The fourth-order valence-electron chi connectivity index (χ4n) is 1.80. The summed E-state index contributed by atoms with van der Waals surface area (Å²) in [6.07, 6.45) is -0.676. The van der Waals surface area contributed by atoms with Crippen LogP contribution in [0.5, 0.6) is 11.5 Å². The Morgan fingerprint density at radius 2 is 2.06 bits per heavy atom. The largest absolute Gasteiger partial charge is 0.454 e. The molecule has 2 aromatic rings. The quantitative estimate of drug-likeness (QED) is 0.838. The lowest BCUT2D eigenvalue weighted by Crippen LogP contribution is -1.98. The van der Waals surface area contributed by atoms with Gasteiger partial charge in [0.25, 0.3) is 0 Å². The number of fused-ring (bicyclic) bond motifs is 1. The molecule has 6 heteroatoms. The molecule has 1 aromatic heterocycles. The molecule has 0 fully saturated rings. The summed E-state index contributed by atoms with van der Waals surface area (Å²) in [6.45, 7) is 0.218. The Morgan fingerprint density at radius 1 is 1.22 bits per heavy atom. The molecule has 1 N–H and O–H groups in total. The first-order valence-electron chi connectivity index (χ1n) is 5.17. The lowest BCUT2D eigenvalue weighted by molar-refractivity contribution is 0.173. The number of ether oxygens (including phenoxy) is 2. The Hall–Kier alpha value is -0.560. The third-order valence-corrected chi connectivity index (χ3v) is 5.17. The lowest BCUT2D eigenvalue weighted by atomic mass is 10.1. The topological polar surface area (TPSA) is 38.7 Å². The fourth-order valence-corrected chi connectivity index (χ4v) is 3.97. The van der Waals surface area contributed by atoms with Gasteiger partial charge in [-0.1, -0.05) is 0 Å². The highest BCUT2D eigenvalue weighted by Gasteiger charge is 2.22. The Balaban J connectivity index is 2.03. The molecule has 0 amide bonds. The summed E-state index contributed by atoms with van der Waals surface area (Å²) in [5, 5.41) is 12.3. The van der Waals surface area contributed by atoms with Crippen molar-refractivity contribution in [3.63, 3.8) is 0 Å². The van der Waals surface area contributed by atoms with Gasteiger partial charge in [-0.3, -0.25) is 0 Å². The second kappa shape index (κ2) is 4.85. The van der Waals surface area contributed by atoms with Gasteiger partial charge in [0.05, 0.1) is 9.35 Å². The van der Waals surface area contributed by atoms with Crippen molar-refractivity contribution in [2.45, 2.75) is 6.10 Å². The molecule has 1 unspecified atom stereocenters. The van der Waals surface area contributed by atoms with E-state index in [2.05, 4.69) is 31.9 Å². The van der Waals surface area contributed by atoms with E-state index >= 15 is 0 Å². The predicted molar refractivity (Wildman–Crippen MR) is 76.3 cm³/mol. The molecule has 0 aliphatic carbocycles. The summed E-state index contributed by atoms with van der Waals surface area (Å²) < 4.78 is 12.4. The van der Waals surface area contributed by atoms with Gasteiger partial charge in [-0.05, 0) is 61.0 Å². The van der Waals surface area contributed by atoms with Crippen molar-refractivity contribution in [2.75, 3.05) is 6.79 Å². The minimum Gasteiger partial charge on any atom is -0.454 e. The normalized spacial score (nSPS) is 14.8. The number of rotatable bonds is 2. The maximum Gasteiger partial charge on any atom is 0.231 e. The van der Waals surface area contributed by atoms with Gasteiger partial charge in [0, 0.05) is 4.47 Å². The van der Waals surface area contributed by atoms with Gasteiger partial charge in [-0.15, -0.1) is 11.3 Å². The number of hydrogen-bond donors (Lipinski definition) is 1. The van der Waals surface area contributed by atoms with Crippen molar-refractivity contribution in [3.8, 4) is 11.5 Å². The zero-order valence-corrected chi connectivity index (χ0v) is 13.0. The molecule has 3 rings (SSSR count). The molecule has 0 radical (unpaired) electrons. The van der Waals surface area contributed by atoms with E-state index in [0.717, 1.165) is 19.4 Å². The fraction of sp³-hybridized carbons (Fsp3) is 0.167. The van der Waals surface area contributed by atoms with Crippen LogP contribution >= 0.6 is 43.2 Å². The van der Waals surface area contributed by atoms with Crippen molar-refractivity contribution in [2.24, 2.45) is 0 Å². The summed E-state index contributed by atoms with van der Waals surface area (Å²) >= 11 is 8.36. The molecule has 0 spiro atoms. The zero-order valence-electron chi connectivity index (χ0n) is 9.02. The summed E-state index contributed by atoms with van der Waals surface area (Å²) in [7, 11) is 0. The standard InChI is InChI=1S/C12H8Br2O3S/c13-7-1-2-18-12(7)10(15)6-3-8(14)11-9(4-6)16-5-17-11/h1-4,10,15H,5H2. The van der Waals surface area contributed by atoms with Crippen molar-refractivity contribution < 1.29 is 14.6 Å². The van der Waals surface area contributed by atoms with Crippen LogP contribution in [0.4, 0.5) is 0 Å². The Morgan fingerprint density at radius 3 is 2.78 bits per heavy atom. The van der Waals surface area contributed by atoms with Crippen LogP contribution in [-0.2, 0) is 0 Å². The average Bonchev–Trinajstić information content (AvgIpc) is 2.96. The van der Waals surface area contributed by atoms with E-state index in [1.54, 1.807) is 0 Å². The molecule has 3 nitrogen and oxygen atoms in total. The molecule has 94 valence electrons. The second-order valence-electron chi connectivity index (χ2n) is 3.77. The summed E-state index contributed by atoms with van der Waals surface area (Å²) in [4.78, 5) is 0.876.